The van der Waals surface area contributed by atoms with Crippen LogP contribution in [0.25, 0.3) is 0 Å². The van der Waals surface area contributed by atoms with Gasteiger partial charge in [0.05, 0.1) is 0 Å². The molecule has 27 heavy (non-hydrogen) atoms. The lowest BCUT2D eigenvalue weighted by atomic mass is 10.2. The zero-order chi connectivity index (χ0) is 19.8. The molecule has 144 valence electrons. The lowest BCUT2D eigenvalue weighted by Crippen LogP contribution is -2.31. The van der Waals surface area contributed by atoms with Crippen LogP contribution in [-0.4, -0.2) is 47.9 Å². The molecule has 2 aromatic rings. The number of hydrogen-bond donors (Lipinski definition) is 1. The van der Waals surface area contributed by atoms with Crippen molar-refractivity contribution in [3.05, 3.63) is 53.9 Å². The Morgan fingerprint density at radius 1 is 0.852 bits per heavy atom. The number of rotatable bonds is 8. The first kappa shape index (κ1) is 20.4. The van der Waals surface area contributed by atoms with Gasteiger partial charge in [-0.05, 0) is 64.1 Å². The Balaban J connectivity index is 2.12. The molecule has 0 unspecified atom stereocenters. The zero-order valence-electron chi connectivity index (χ0n) is 16.5. The molecule has 0 atom stereocenters. The van der Waals surface area contributed by atoms with Crippen molar-refractivity contribution in [2.45, 2.75) is 27.7 Å². The Kier molecular flexibility index (Phi) is 7.34. The second-order valence-corrected chi connectivity index (χ2v) is 6.06. The summed E-state index contributed by atoms with van der Waals surface area (Å²) >= 11 is 0. The van der Waals surface area contributed by atoms with Crippen molar-refractivity contribution in [1.29, 1.82) is 0 Å². The van der Waals surface area contributed by atoms with Gasteiger partial charge in [0.2, 0.25) is 0 Å². The van der Waals surface area contributed by atoms with Crippen LogP contribution < -0.4 is 10.2 Å². The summed E-state index contributed by atoms with van der Waals surface area (Å²) in [6.07, 6.45) is 0. The normalized spacial score (nSPS) is 10.4. The van der Waals surface area contributed by atoms with Gasteiger partial charge in [-0.1, -0.05) is 6.07 Å². The van der Waals surface area contributed by atoms with Gasteiger partial charge in [0.1, 0.15) is 11.4 Å². The van der Waals surface area contributed by atoms with Gasteiger partial charge in [-0.2, -0.15) is 0 Å². The van der Waals surface area contributed by atoms with Gasteiger partial charge in [0.25, 0.3) is 11.8 Å². The molecule has 1 N–H and O–H groups in total. The molecular formula is C21H28N4O2. The van der Waals surface area contributed by atoms with Crippen molar-refractivity contribution >= 4 is 23.2 Å². The van der Waals surface area contributed by atoms with Crippen LogP contribution in [0.1, 0.15) is 48.7 Å². The van der Waals surface area contributed by atoms with Gasteiger partial charge in [0.15, 0.2) is 0 Å². The molecule has 0 aliphatic carbocycles. The summed E-state index contributed by atoms with van der Waals surface area (Å²) in [5.74, 6) is -0.502. The molecule has 0 radical (unpaired) electrons. The minimum atomic E-state index is -0.334. The number of amides is 2. The fraction of sp³-hybridized carbons (Fsp3) is 0.381. The van der Waals surface area contributed by atoms with Gasteiger partial charge < -0.3 is 15.1 Å². The average molecular weight is 368 g/mol. The van der Waals surface area contributed by atoms with Gasteiger partial charge in [-0.15, -0.1) is 0 Å². The van der Waals surface area contributed by atoms with E-state index < -0.39 is 0 Å². The Morgan fingerprint density at radius 2 is 1.44 bits per heavy atom. The summed E-state index contributed by atoms with van der Waals surface area (Å²) in [4.78, 5) is 33.1. The van der Waals surface area contributed by atoms with Crippen LogP contribution in [0.2, 0.25) is 0 Å². The van der Waals surface area contributed by atoms with E-state index in [2.05, 4.69) is 29.0 Å². The van der Waals surface area contributed by atoms with E-state index in [0.29, 0.717) is 18.8 Å². The molecule has 0 saturated carbocycles. The minimum absolute atomic E-state index is 0.168. The fourth-order valence-corrected chi connectivity index (χ4v) is 2.89. The van der Waals surface area contributed by atoms with E-state index in [1.807, 2.05) is 38.1 Å². The SMILES string of the molecule is CCN(CC)C(=O)c1cccc(C(=O)Nc2ccc(N(CC)CC)cc2)n1. The smallest absolute Gasteiger partial charge is 0.274 e. The van der Waals surface area contributed by atoms with Crippen LogP contribution >= 0.6 is 0 Å². The highest BCUT2D eigenvalue weighted by molar-refractivity contribution is 6.03. The van der Waals surface area contributed by atoms with Crippen molar-refractivity contribution in [3.8, 4) is 0 Å². The molecule has 1 heterocycles. The van der Waals surface area contributed by atoms with Crippen molar-refractivity contribution in [2.24, 2.45) is 0 Å². The predicted octanol–water partition coefficient (Wildman–Crippen LogP) is 3.66. The molecule has 1 aromatic carbocycles. The molecule has 6 nitrogen and oxygen atoms in total. The molecule has 0 spiro atoms. The maximum Gasteiger partial charge on any atom is 0.274 e. The first-order valence-corrected chi connectivity index (χ1v) is 9.46. The van der Waals surface area contributed by atoms with E-state index in [1.54, 1.807) is 23.1 Å². The molecule has 1 aromatic heterocycles. The molecule has 6 heteroatoms. The van der Waals surface area contributed by atoms with Crippen LogP contribution in [0, 0.1) is 0 Å². The Bertz CT molecular complexity index is 766. The van der Waals surface area contributed by atoms with Crippen LogP contribution in [0.15, 0.2) is 42.5 Å². The molecule has 2 rings (SSSR count). The zero-order valence-corrected chi connectivity index (χ0v) is 16.5. The maximum absolute atomic E-state index is 12.5. The highest BCUT2D eigenvalue weighted by atomic mass is 16.2. The number of pyridine rings is 1. The lowest BCUT2D eigenvalue weighted by Gasteiger charge is -2.21. The average Bonchev–Trinajstić information content (AvgIpc) is 2.71. The van der Waals surface area contributed by atoms with E-state index in [4.69, 9.17) is 0 Å². The third-order valence-corrected chi connectivity index (χ3v) is 4.51. The number of carbonyl (C=O) groups excluding carboxylic acids is 2. The summed E-state index contributed by atoms with van der Waals surface area (Å²) in [5.41, 5.74) is 2.31. The molecule has 2 amide bonds. The van der Waals surface area contributed by atoms with Crippen LogP contribution in [-0.2, 0) is 0 Å². The largest absolute Gasteiger partial charge is 0.372 e. The topological polar surface area (TPSA) is 65.5 Å². The number of aromatic nitrogens is 1. The van der Waals surface area contributed by atoms with Crippen molar-refractivity contribution in [1.82, 2.24) is 9.88 Å². The van der Waals surface area contributed by atoms with Crippen molar-refractivity contribution < 1.29 is 9.59 Å². The van der Waals surface area contributed by atoms with E-state index in [0.717, 1.165) is 18.8 Å². The maximum atomic E-state index is 12.5. The Hall–Kier alpha value is -2.89. The molecule has 0 aliphatic heterocycles. The quantitative estimate of drug-likeness (QED) is 0.772. The molecule has 0 saturated heterocycles. The number of carbonyl (C=O) groups is 2. The van der Waals surface area contributed by atoms with Crippen molar-refractivity contribution in [2.75, 3.05) is 36.4 Å². The summed E-state index contributed by atoms with van der Waals surface area (Å²) < 4.78 is 0. The number of benzene rings is 1. The minimum Gasteiger partial charge on any atom is -0.372 e. The third-order valence-electron chi connectivity index (χ3n) is 4.51. The number of anilines is 2. The molecular weight excluding hydrogens is 340 g/mol. The predicted molar refractivity (Wildman–Crippen MR) is 109 cm³/mol. The monoisotopic (exact) mass is 368 g/mol. The highest BCUT2D eigenvalue weighted by Crippen LogP contribution is 2.18. The molecule has 0 fully saturated rings. The van der Waals surface area contributed by atoms with E-state index in [1.165, 1.54) is 0 Å². The standard InChI is InChI=1S/C21H28N4O2/c1-5-24(6-2)17-14-12-16(13-15-17)22-20(26)18-10-9-11-19(23-18)21(27)25(7-3)8-4/h9-15H,5-8H2,1-4H3,(H,22,26). The van der Waals surface area contributed by atoms with E-state index in [9.17, 15) is 9.59 Å². The Labute approximate surface area is 161 Å². The van der Waals surface area contributed by atoms with Gasteiger partial charge in [-0.3, -0.25) is 9.59 Å². The van der Waals surface area contributed by atoms with Gasteiger partial charge in [0, 0.05) is 37.6 Å². The second kappa shape index (κ2) is 9.71. The van der Waals surface area contributed by atoms with Gasteiger partial charge >= 0.3 is 0 Å². The lowest BCUT2D eigenvalue weighted by molar-refractivity contribution is 0.0767. The first-order chi connectivity index (χ1) is 13.0. The molecule has 0 bridgehead atoms. The second-order valence-electron chi connectivity index (χ2n) is 6.06. The molecule has 0 aliphatic rings. The summed E-state index contributed by atoms with van der Waals surface area (Å²) in [6, 6.07) is 12.6. The third kappa shape index (κ3) is 5.06. The number of nitrogens with one attached hydrogen (secondary N) is 1. The highest BCUT2D eigenvalue weighted by Gasteiger charge is 2.16. The van der Waals surface area contributed by atoms with Crippen LogP contribution in [0.5, 0.6) is 0 Å². The van der Waals surface area contributed by atoms with E-state index in [-0.39, 0.29) is 23.2 Å². The summed E-state index contributed by atoms with van der Waals surface area (Å²) in [6.45, 7) is 11.1. The summed E-state index contributed by atoms with van der Waals surface area (Å²) in [7, 11) is 0. The number of nitrogens with zero attached hydrogens (tertiary/aromatic N) is 3. The Morgan fingerprint density at radius 3 is 2.00 bits per heavy atom. The van der Waals surface area contributed by atoms with Crippen LogP contribution in [0.4, 0.5) is 11.4 Å². The first-order valence-electron chi connectivity index (χ1n) is 9.46. The number of hydrogen-bond acceptors (Lipinski definition) is 4. The van der Waals surface area contributed by atoms with Crippen LogP contribution in [0.3, 0.4) is 0 Å². The fourth-order valence-electron chi connectivity index (χ4n) is 2.89. The van der Waals surface area contributed by atoms with Gasteiger partial charge in [-0.25, -0.2) is 4.98 Å². The summed E-state index contributed by atoms with van der Waals surface area (Å²) in [5, 5.41) is 2.84. The van der Waals surface area contributed by atoms with E-state index >= 15 is 0 Å². The van der Waals surface area contributed by atoms with Crippen molar-refractivity contribution in [3.63, 3.8) is 0 Å².